The third-order valence-electron chi connectivity index (χ3n) is 24.9. The van der Waals surface area contributed by atoms with Crippen LogP contribution in [0, 0.1) is 6.92 Å². The first kappa shape index (κ1) is 72.2. The highest BCUT2D eigenvalue weighted by Crippen LogP contribution is 2.50. The molecule has 7 aromatic heterocycles. The monoisotopic (exact) mass is 1630 g/mol. The maximum atomic E-state index is 6.90. The molecule has 0 aliphatic heterocycles. The van der Waals surface area contributed by atoms with Crippen LogP contribution in [0.5, 0.6) is 0 Å². The minimum atomic E-state index is 0.534. The molecular weight excluding hydrogens is 1560 g/mol. The second-order valence-corrected chi connectivity index (χ2v) is 33.5. The molecule has 0 fully saturated rings. The standard InChI is InChI=1S/C115H70N8O2S/c1-69-26-17-20-43-97(69)123-98-44-21-18-39-86(98)91-63-78(49-54-101(91)123)84-66-90(109-96(67-84)108-89(42-25-47-106(108)126-109)115-119-110(72-31-11-4-12-32-72)116-111(120-115)73-33-13-5-14-34-73)79-50-55-100-93(65-79)92-62-76(48-53-99(92)122(100)85-52-57-103-94(68-85)87-40-19-22-45-102(87)124-103)77-51-56-104-95(64-77)107-88(41-24-46-105(107)125-104)114-118-112(74-35-15-6-16-36-74)117-113(121-114)80-38-23-37-75(58-80)83-60-81(70-27-7-2-8-28-70)59-82(61-83)71-29-9-3-10-30-71/h2-68H,1H3. The highest BCUT2D eigenvalue weighted by atomic mass is 32.1. The number of para-hydroxylation sites is 3. The summed E-state index contributed by atoms with van der Waals surface area (Å²) >= 11 is 1.81. The highest BCUT2D eigenvalue weighted by Gasteiger charge is 2.26. The van der Waals surface area contributed by atoms with Gasteiger partial charge in [0.15, 0.2) is 34.9 Å². The first-order valence-corrected chi connectivity index (χ1v) is 43.2. The van der Waals surface area contributed by atoms with Gasteiger partial charge in [-0.3, -0.25) is 0 Å². The third-order valence-corrected chi connectivity index (χ3v) is 26.1. The van der Waals surface area contributed by atoms with Gasteiger partial charge < -0.3 is 18.0 Å². The molecule has 0 radical (unpaired) electrons. The lowest BCUT2D eigenvalue weighted by molar-refractivity contribution is 0.668. The average Bonchev–Trinajstić information content (AvgIpc) is 1.56. The summed E-state index contributed by atoms with van der Waals surface area (Å²) in [6.45, 7) is 2.20. The molecule has 0 N–H and O–H groups in total. The zero-order valence-electron chi connectivity index (χ0n) is 68.0. The van der Waals surface area contributed by atoms with Crippen molar-refractivity contribution >= 4 is 119 Å². The first-order valence-electron chi connectivity index (χ1n) is 42.4. The van der Waals surface area contributed by atoms with Crippen molar-refractivity contribution in [3.8, 4) is 146 Å². The Morgan fingerprint density at radius 2 is 0.611 bits per heavy atom. The van der Waals surface area contributed by atoms with Gasteiger partial charge in [-0.25, -0.2) is 29.9 Å². The lowest BCUT2D eigenvalue weighted by Gasteiger charge is -2.13. The maximum Gasteiger partial charge on any atom is 0.164 e. The molecule has 588 valence electrons. The Morgan fingerprint density at radius 1 is 0.214 bits per heavy atom. The smallest absolute Gasteiger partial charge is 0.164 e. The van der Waals surface area contributed by atoms with Gasteiger partial charge in [-0.05, 0) is 207 Å². The van der Waals surface area contributed by atoms with Gasteiger partial charge in [0, 0.05) is 114 Å². The molecule has 0 spiro atoms. The minimum absolute atomic E-state index is 0.534. The van der Waals surface area contributed by atoms with Crippen molar-refractivity contribution in [2.45, 2.75) is 6.92 Å². The van der Waals surface area contributed by atoms with Crippen LogP contribution in [-0.4, -0.2) is 39.0 Å². The number of hydrogen-bond acceptors (Lipinski definition) is 9. The molecule has 0 aliphatic carbocycles. The third kappa shape index (κ3) is 12.2. The lowest BCUT2D eigenvalue weighted by atomic mass is 9.93. The summed E-state index contributed by atoms with van der Waals surface area (Å²) in [4.78, 5) is 32.1. The fourth-order valence-electron chi connectivity index (χ4n) is 18.9. The topological polar surface area (TPSA) is 113 Å². The molecule has 11 heteroatoms. The Hall–Kier alpha value is -16.6. The summed E-state index contributed by atoms with van der Waals surface area (Å²) in [6.07, 6.45) is 0. The number of nitrogens with zero attached hydrogens (tertiary/aromatic N) is 8. The summed E-state index contributed by atoms with van der Waals surface area (Å²) in [7, 11) is 0. The molecule has 0 unspecified atom stereocenters. The molecule has 0 amide bonds. The summed E-state index contributed by atoms with van der Waals surface area (Å²) in [6, 6.07) is 145. The van der Waals surface area contributed by atoms with E-state index in [0.29, 0.717) is 34.9 Å². The highest BCUT2D eigenvalue weighted by molar-refractivity contribution is 7.26. The Morgan fingerprint density at radius 3 is 1.25 bits per heavy atom. The van der Waals surface area contributed by atoms with E-state index in [0.717, 1.165) is 208 Å². The normalized spacial score (nSPS) is 11.8. The van der Waals surface area contributed by atoms with Gasteiger partial charge in [0.05, 0.1) is 22.1 Å². The van der Waals surface area contributed by atoms with Gasteiger partial charge >= 0.3 is 0 Å². The summed E-state index contributed by atoms with van der Waals surface area (Å²) < 4.78 is 20.5. The van der Waals surface area contributed by atoms with Crippen LogP contribution in [0.25, 0.3) is 254 Å². The van der Waals surface area contributed by atoms with Gasteiger partial charge in [0.2, 0.25) is 0 Å². The van der Waals surface area contributed by atoms with Gasteiger partial charge in [-0.1, -0.05) is 273 Å². The van der Waals surface area contributed by atoms with Crippen molar-refractivity contribution < 1.29 is 8.83 Å². The van der Waals surface area contributed by atoms with E-state index in [1.54, 1.807) is 0 Å². The van der Waals surface area contributed by atoms with Gasteiger partial charge in [-0.2, -0.15) is 0 Å². The van der Waals surface area contributed by atoms with Crippen molar-refractivity contribution in [3.63, 3.8) is 0 Å². The Bertz CT molecular complexity index is 8620. The lowest BCUT2D eigenvalue weighted by Crippen LogP contribution is -2.00. The fourth-order valence-corrected chi connectivity index (χ4v) is 20.2. The molecule has 18 aromatic carbocycles. The minimum Gasteiger partial charge on any atom is -0.456 e. The van der Waals surface area contributed by atoms with Gasteiger partial charge in [-0.15, -0.1) is 11.3 Å². The van der Waals surface area contributed by atoms with E-state index < -0.39 is 0 Å². The predicted octanol–water partition coefficient (Wildman–Crippen LogP) is 30.7. The summed E-state index contributed by atoms with van der Waals surface area (Å²) in [5.74, 6) is 3.47. The number of hydrogen-bond donors (Lipinski definition) is 0. The van der Waals surface area contributed by atoms with Crippen LogP contribution in [-0.2, 0) is 0 Å². The van der Waals surface area contributed by atoms with Crippen LogP contribution in [0.2, 0.25) is 0 Å². The van der Waals surface area contributed by atoms with Crippen LogP contribution in [0.3, 0.4) is 0 Å². The second kappa shape index (κ2) is 29.4. The van der Waals surface area contributed by atoms with Crippen molar-refractivity contribution in [2.24, 2.45) is 0 Å². The maximum absolute atomic E-state index is 6.90. The van der Waals surface area contributed by atoms with Crippen LogP contribution >= 0.6 is 11.3 Å². The van der Waals surface area contributed by atoms with E-state index in [1.165, 1.54) is 16.3 Å². The molecule has 25 aromatic rings. The van der Waals surface area contributed by atoms with E-state index in [-0.39, 0.29) is 0 Å². The van der Waals surface area contributed by atoms with Crippen LogP contribution in [0.4, 0.5) is 0 Å². The fraction of sp³-hybridized carbons (Fsp3) is 0.00870. The Kier molecular flexibility index (Phi) is 16.8. The van der Waals surface area contributed by atoms with E-state index in [4.69, 9.17) is 38.7 Å². The molecule has 0 atom stereocenters. The van der Waals surface area contributed by atoms with E-state index in [2.05, 4.69) is 344 Å². The number of benzene rings is 18. The van der Waals surface area contributed by atoms with Gasteiger partial charge in [0.25, 0.3) is 0 Å². The number of aromatic nitrogens is 8. The largest absolute Gasteiger partial charge is 0.456 e. The number of furan rings is 2. The predicted molar refractivity (Wildman–Crippen MR) is 519 cm³/mol. The van der Waals surface area contributed by atoms with E-state index in [9.17, 15) is 0 Å². The molecule has 0 saturated carbocycles. The van der Waals surface area contributed by atoms with Crippen LogP contribution in [0.1, 0.15) is 5.56 Å². The van der Waals surface area contributed by atoms with Crippen LogP contribution in [0.15, 0.2) is 415 Å². The van der Waals surface area contributed by atoms with Crippen molar-refractivity contribution in [1.29, 1.82) is 0 Å². The Balaban J connectivity index is 0.675. The van der Waals surface area contributed by atoms with Gasteiger partial charge in [0.1, 0.15) is 22.3 Å². The zero-order valence-corrected chi connectivity index (χ0v) is 68.8. The zero-order chi connectivity index (χ0) is 83.0. The molecule has 0 aliphatic rings. The van der Waals surface area contributed by atoms with Crippen molar-refractivity contribution in [2.75, 3.05) is 0 Å². The molecule has 0 bridgehead atoms. The SMILES string of the molecule is Cc1ccccc1-n1c2ccccc2c2cc(-c3cc(-c4ccc5c(c4)c4cc(-c6ccc7oc8cccc(-c9nc(-c%10ccccc%10)nc(-c%10cccc(-c%11cc(-c%12ccccc%12)cc(-c%12ccccc%12)c%11)c%10)n9)c8c7c6)ccc4n5-c4ccc5oc6ccccc6c5c4)c4sc5cccc(-c6nc(-c7ccccc7)nc(-c7ccccc7)n6)c5c4c3)ccc21. The van der Waals surface area contributed by atoms with Crippen LogP contribution < -0.4 is 0 Å². The molecule has 7 heterocycles. The number of fused-ring (bicyclic) bond motifs is 15. The molecule has 25 rings (SSSR count). The molecule has 0 saturated heterocycles. The molecule has 126 heavy (non-hydrogen) atoms. The number of thiophene rings is 1. The molecule has 10 nitrogen and oxygen atoms in total. The van der Waals surface area contributed by atoms with Crippen molar-refractivity contribution in [1.82, 2.24) is 39.0 Å². The number of aryl methyl sites for hydroxylation is 1. The second-order valence-electron chi connectivity index (χ2n) is 32.4. The van der Waals surface area contributed by atoms with Crippen molar-refractivity contribution in [3.05, 3.63) is 412 Å². The van der Waals surface area contributed by atoms with E-state index in [1.807, 2.05) is 90.2 Å². The summed E-state index contributed by atoms with van der Waals surface area (Å²) in [5, 5.41) is 10.7. The van der Waals surface area contributed by atoms with E-state index >= 15 is 0 Å². The Labute approximate surface area is 727 Å². The average molecular weight is 1630 g/mol. The molecular formula is C115H70N8O2S. The summed E-state index contributed by atoms with van der Waals surface area (Å²) in [5.41, 5.74) is 29.4. The quantitative estimate of drug-likeness (QED) is 0.106. The number of rotatable bonds is 14. The first-order chi connectivity index (χ1) is 62.3.